The van der Waals surface area contributed by atoms with E-state index >= 15 is 0 Å². The van der Waals surface area contributed by atoms with E-state index in [0.717, 1.165) is 19.0 Å². The minimum Gasteiger partial charge on any atom is -0.444 e. The number of allylic oxidation sites excluding steroid dienone is 2. The van der Waals surface area contributed by atoms with E-state index in [1.54, 1.807) is 0 Å². The van der Waals surface area contributed by atoms with Crippen molar-refractivity contribution in [3.8, 4) is 0 Å². The number of amides is 1. The molecule has 0 aromatic rings. The molecule has 0 spiro atoms. The largest absolute Gasteiger partial charge is 0.444 e. The third-order valence-electron chi connectivity index (χ3n) is 4.07. The van der Waals surface area contributed by atoms with Crippen molar-refractivity contribution in [2.75, 3.05) is 13.1 Å². The molecule has 2 N–H and O–H groups in total. The van der Waals surface area contributed by atoms with Crippen molar-refractivity contribution < 1.29 is 9.53 Å². The molecule has 2 rings (SSSR count). The molecule has 0 saturated heterocycles. The standard InChI is InChI=1S/C17H30N2O2/c1-17(2,3)21-16(20)19-15(14-9-10-14)12-18-11-13-7-5-4-6-8-13/h4-5,13-15,18H,6-12H2,1-3H3,(H,19,20). The van der Waals surface area contributed by atoms with E-state index in [1.165, 1.54) is 32.1 Å². The highest BCUT2D eigenvalue weighted by Gasteiger charge is 2.33. The summed E-state index contributed by atoms with van der Waals surface area (Å²) in [7, 11) is 0. The number of ether oxygens (including phenoxy) is 1. The first-order valence-electron chi connectivity index (χ1n) is 8.29. The van der Waals surface area contributed by atoms with Crippen LogP contribution in [0.3, 0.4) is 0 Å². The van der Waals surface area contributed by atoms with Crippen LogP contribution in [0.15, 0.2) is 12.2 Å². The lowest BCUT2D eigenvalue weighted by molar-refractivity contribution is 0.0497. The van der Waals surface area contributed by atoms with Gasteiger partial charge in [-0.3, -0.25) is 0 Å². The quantitative estimate of drug-likeness (QED) is 0.739. The minimum absolute atomic E-state index is 0.207. The molecule has 0 aliphatic heterocycles. The molecule has 1 saturated carbocycles. The third kappa shape index (κ3) is 6.51. The van der Waals surface area contributed by atoms with Gasteiger partial charge in [-0.1, -0.05) is 12.2 Å². The van der Waals surface area contributed by atoms with E-state index in [0.29, 0.717) is 5.92 Å². The summed E-state index contributed by atoms with van der Waals surface area (Å²) in [4.78, 5) is 11.9. The molecule has 120 valence electrons. The van der Waals surface area contributed by atoms with E-state index in [1.807, 2.05) is 20.8 Å². The number of hydrogen-bond donors (Lipinski definition) is 2. The topological polar surface area (TPSA) is 50.4 Å². The van der Waals surface area contributed by atoms with Crippen molar-refractivity contribution in [1.29, 1.82) is 0 Å². The van der Waals surface area contributed by atoms with Crippen molar-refractivity contribution in [3.05, 3.63) is 12.2 Å². The molecule has 2 atom stereocenters. The van der Waals surface area contributed by atoms with Gasteiger partial charge in [0.25, 0.3) is 0 Å². The molecule has 1 fully saturated rings. The second kappa shape index (κ2) is 7.30. The van der Waals surface area contributed by atoms with Gasteiger partial charge in [0.2, 0.25) is 0 Å². The minimum atomic E-state index is -0.431. The maximum atomic E-state index is 11.9. The van der Waals surface area contributed by atoms with Crippen LogP contribution < -0.4 is 10.6 Å². The SMILES string of the molecule is CC(C)(C)OC(=O)NC(CNCC1CC=CCC1)C1CC1. The Morgan fingerprint density at radius 1 is 1.29 bits per heavy atom. The van der Waals surface area contributed by atoms with Crippen LogP contribution in [-0.2, 0) is 4.74 Å². The zero-order valence-corrected chi connectivity index (χ0v) is 13.7. The Balaban J connectivity index is 1.69. The van der Waals surface area contributed by atoms with Crippen LogP contribution in [0.4, 0.5) is 4.79 Å². The second-order valence-corrected chi connectivity index (χ2v) is 7.40. The number of rotatable bonds is 6. The van der Waals surface area contributed by atoms with Gasteiger partial charge in [-0.15, -0.1) is 0 Å². The van der Waals surface area contributed by atoms with Crippen molar-refractivity contribution in [1.82, 2.24) is 10.6 Å². The van der Waals surface area contributed by atoms with E-state index in [2.05, 4.69) is 22.8 Å². The van der Waals surface area contributed by atoms with Gasteiger partial charge in [0.05, 0.1) is 0 Å². The summed E-state index contributed by atoms with van der Waals surface area (Å²) < 4.78 is 5.36. The van der Waals surface area contributed by atoms with Crippen LogP contribution in [0.1, 0.15) is 52.9 Å². The maximum Gasteiger partial charge on any atom is 0.407 e. The van der Waals surface area contributed by atoms with Gasteiger partial charge in [-0.25, -0.2) is 4.79 Å². The molecule has 0 heterocycles. The van der Waals surface area contributed by atoms with Gasteiger partial charge >= 0.3 is 6.09 Å². The Hall–Kier alpha value is -1.03. The number of nitrogens with one attached hydrogen (secondary N) is 2. The molecule has 4 nitrogen and oxygen atoms in total. The average Bonchev–Trinajstić information content (AvgIpc) is 3.21. The predicted octanol–water partition coefficient (Wildman–Crippen LogP) is 3.24. The molecule has 0 radical (unpaired) electrons. The maximum absolute atomic E-state index is 11.9. The van der Waals surface area contributed by atoms with Crippen LogP contribution in [0.25, 0.3) is 0 Å². The Morgan fingerprint density at radius 3 is 2.62 bits per heavy atom. The third-order valence-corrected chi connectivity index (χ3v) is 4.07. The van der Waals surface area contributed by atoms with Crippen LogP contribution in [0.5, 0.6) is 0 Å². The predicted molar refractivity (Wildman–Crippen MR) is 85.2 cm³/mol. The normalized spacial score (nSPS) is 23.7. The zero-order valence-electron chi connectivity index (χ0n) is 13.7. The molecular weight excluding hydrogens is 264 g/mol. The van der Waals surface area contributed by atoms with Crippen LogP contribution >= 0.6 is 0 Å². The summed E-state index contributed by atoms with van der Waals surface area (Å²) in [5.41, 5.74) is -0.431. The van der Waals surface area contributed by atoms with Gasteiger partial charge in [-0.05, 0) is 71.3 Å². The van der Waals surface area contributed by atoms with Gasteiger partial charge in [0.1, 0.15) is 5.60 Å². The Bertz CT molecular complexity index is 369. The Morgan fingerprint density at radius 2 is 2.05 bits per heavy atom. The molecule has 1 amide bonds. The smallest absolute Gasteiger partial charge is 0.407 e. The fourth-order valence-corrected chi connectivity index (χ4v) is 2.78. The van der Waals surface area contributed by atoms with Crippen LogP contribution in [-0.4, -0.2) is 30.8 Å². The van der Waals surface area contributed by atoms with Gasteiger partial charge < -0.3 is 15.4 Å². The summed E-state index contributed by atoms with van der Waals surface area (Å²) >= 11 is 0. The molecule has 0 bridgehead atoms. The van der Waals surface area contributed by atoms with Crippen molar-refractivity contribution in [2.45, 2.75) is 64.5 Å². The van der Waals surface area contributed by atoms with Gasteiger partial charge in [-0.2, -0.15) is 0 Å². The number of carbonyl (C=O) groups excluding carboxylic acids is 1. The molecule has 2 aliphatic carbocycles. The lowest BCUT2D eigenvalue weighted by Crippen LogP contribution is -2.46. The highest BCUT2D eigenvalue weighted by molar-refractivity contribution is 5.68. The summed E-state index contributed by atoms with van der Waals surface area (Å²) in [6.45, 7) is 7.59. The van der Waals surface area contributed by atoms with E-state index in [-0.39, 0.29) is 12.1 Å². The first-order chi connectivity index (χ1) is 9.94. The fourth-order valence-electron chi connectivity index (χ4n) is 2.78. The summed E-state index contributed by atoms with van der Waals surface area (Å²) in [6.07, 6.45) is 10.4. The van der Waals surface area contributed by atoms with Gasteiger partial charge in [0, 0.05) is 12.6 Å². The average molecular weight is 294 g/mol. The zero-order chi connectivity index (χ0) is 15.3. The fraction of sp³-hybridized carbons (Fsp3) is 0.824. The number of hydrogen-bond acceptors (Lipinski definition) is 3. The molecule has 4 heteroatoms. The molecular formula is C17H30N2O2. The first kappa shape index (κ1) is 16.3. The lowest BCUT2D eigenvalue weighted by Gasteiger charge is -2.25. The van der Waals surface area contributed by atoms with Crippen molar-refractivity contribution in [3.63, 3.8) is 0 Å². The number of carbonyl (C=O) groups is 1. The van der Waals surface area contributed by atoms with Crippen molar-refractivity contribution in [2.24, 2.45) is 11.8 Å². The summed E-state index contributed by atoms with van der Waals surface area (Å²) in [5, 5.41) is 6.58. The van der Waals surface area contributed by atoms with Crippen LogP contribution in [0.2, 0.25) is 0 Å². The number of alkyl carbamates (subject to hydrolysis) is 1. The monoisotopic (exact) mass is 294 g/mol. The highest BCUT2D eigenvalue weighted by atomic mass is 16.6. The first-order valence-corrected chi connectivity index (χ1v) is 8.29. The molecule has 21 heavy (non-hydrogen) atoms. The Labute approximate surface area is 128 Å². The Kier molecular flexibility index (Phi) is 5.68. The molecule has 0 aromatic carbocycles. The summed E-state index contributed by atoms with van der Waals surface area (Å²) in [6, 6.07) is 0.207. The molecule has 2 unspecified atom stereocenters. The lowest BCUT2D eigenvalue weighted by atomic mass is 9.94. The van der Waals surface area contributed by atoms with Crippen molar-refractivity contribution >= 4 is 6.09 Å². The van der Waals surface area contributed by atoms with E-state index in [9.17, 15) is 4.79 Å². The second-order valence-electron chi connectivity index (χ2n) is 7.40. The van der Waals surface area contributed by atoms with Gasteiger partial charge in [0.15, 0.2) is 0 Å². The summed E-state index contributed by atoms with van der Waals surface area (Å²) in [5.74, 6) is 1.37. The molecule has 0 aromatic heterocycles. The highest BCUT2D eigenvalue weighted by Crippen LogP contribution is 2.32. The molecule has 2 aliphatic rings. The van der Waals surface area contributed by atoms with Crippen LogP contribution in [0, 0.1) is 11.8 Å². The van der Waals surface area contributed by atoms with E-state index in [4.69, 9.17) is 4.74 Å². The van der Waals surface area contributed by atoms with E-state index < -0.39 is 5.60 Å².